The Balaban J connectivity index is 1.83. The predicted molar refractivity (Wildman–Crippen MR) is 93.9 cm³/mol. The lowest BCUT2D eigenvalue weighted by molar-refractivity contribution is -0.114. The topological polar surface area (TPSA) is 117 Å². The van der Waals surface area contributed by atoms with Crippen molar-refractivity contribution in [2.75, 3.05) is 43.1 Å². The summed E-state index contributed by atoms with van der Waals surface area (Å²) in [5, 5.41) is 7.93. The van der Waals surface area contributed by atoms with Gasteiger partial charge in [-0.25, -0.2) is 13.2 Å². The zero-order valence-corrected chi connectivity index (χ0v) is 14.9. The van der Waals surface area contributed by atoms with Gasteiger partial charge in [-0.3, -0.25) is 4.79 Å². The molecular weight excluding hydrogens is 348 g/mol. The van der Waals surface area contributed by atoms with Gasteiger partial charge in [-0.05, 0) is 18.2 Å². The van der Waals surface area contributed by atoms with E-state index in [0.29, 0.717) is 24.5 Å². The second kappa shape index (κ2) is 8.28. The number of rotatable bonds is 5. The minimum absolute atomic E-state index is 0.184. The molecule has 2 rings (SSSR count). The van der Waals surface area contributed by atoms with Gasteiger partial charge in [-0.1, -0.05) is 6.07 Å². The number of hydrogen-bond donors (Lipinski definition) is 3. The summed E-state index contributed by atoms with van der Waals surface area (Å²) in [5.74, 6) is -0.202. The van der Waals surface area contributed by atoms with Crippen LogP contribution in [0.25, 0.3) is 0 Å². The maximum absolute atomic E-state index is 12.0. The highest BCUT2D eigenvalue weighted by atomic mass is 32.2. The number of hydrogen-bond acceptors (Lipinski definition) is 5. The molecule has 1 aromatic carbocycles. The molecule has 0 aliphatic carbocycles. The van der Waals surface area contributed by atoms with Gasteiger partial charge in [0.15, 0.2) is 0 Å². The molecule has 0 aromatic heterocycles. The number of urea groups is 1. The molecule has 3 amide bonds. The fourth-order valence-corrected chi connectivity index (χ4v) is 3.22. The molecule has 0 radical (unpaired) electrons. The molecule has 0 unspecified atom stereocenters. The summed E-state index contributed by atoms with van der Waals surface area (Å²) in [7, 11) is -3.27. The van der Waals surface area contributed by atoms with Crippen LogP contribution in [0.5, 0.6) is 0 Å². The zero-order chi connectivity index (χ0) is 18.4. The Labute approximate surface area is 146 Å². The quantitative estimate of drug-likeness (QED) is 0.695. The van der Waals surface area contributed by atoms with Gasteiger partial charge in [0.2, 0.25) is 15.9 Å². The zero-order valence-electron chi connectivity index (χ0n) is 14.1. The van der Waals surface area contributed by atoms with E-state index in [4.69, 9.17) is 4.74 Å². The van der Waals surface area contributed by atoms with Crippen LogP contribution >= 0.6 is 0 Å². The van der Waals surface area contributed by atoms with E-state index in [1.807, 2.05) is 0 Å². The third-order valence-corrected chi connectivity index (χ3v) is 4.77. The van der Waals surface area contributed by atoms with Gasteiger partial charge >= 0.3 is 6.03 Å². The number of nitrogens with zero attached hydrogens (tertiary/aromatic N) is 1. The number of amides is 3. The van der Waals surface area contributed by atoms with E-state index < -0.39 is 22.2 Å². The molecule has 3 N–H and O–H groups in total. The van der Waals surface area contributed by atoms with Crippen LogP contribution in [0.2, 0.25) is 0 Å². The highest BCUT2D eigenvalue weighted by Gasteiger charge is 2.26. The van der Waals surface area contributed by atoms with Crippen molar-refractivity contribution in [1.29, 1.82) is 0 Å². The summed E-state index contributed by atoms with van der Waals surface area (Å²) < 4.78 is 29.9. The number of sulfonamides is 1. The monoisotopic (exact) mass is 370 g/mol. The smallest absolute Gasteiger partial charge is 0.319 e. The van der Waals surface area contributed by atoms with E-state index in [1.54, 1.807) is 24.3 Å². The number of carbonyl (C=O) groups is 2. The number of ether oxygens (including phenoxy) is 1. The molecule has 1 aliphatic heterocycles. The molecule has 25 heavy (non-hydrogen) atoms. The van der Waals surface area contributed by atoms with Crippen molar-refractivity contribution in [2.24, 2.45) is 0 Å². The number of morpholine rings is 1. The van der Waals surface area contributed by atoms with Crippen molar-refractivity contribution in [3.8, 4) is 0 Å². The first-order chi connectivity index (χ1) is 11.7. The summed E-state index contributed by atoms with van der Waals surface area (Å²) in [6.45, 7) is 2.40. The Morgan fingerprint density at radius 2 is 1.96 bits per heavy atom. The average molecular weight is 370 g/mol. The Hall–Kier alpha value is -2.17. The van der Waals surface area contributed by atoms with Crippen molar-refractivity contribution in [3.63, 3.8) is 0 Å². The molecule has 1 atom stereocenters. The van der Waals surface area contributed by atoms with E-state index in [0.717, 1.165) is 6.26 Å². The first-order valence-electron chi connectivity index (χ1n) is 7.73. The summed E-state index contributed by atoms with van der Waals surface area (Å²) in [4.78, 5) is 23.0. The summed E-state index contributed by atoms with van der Waals surface area (Å²) in [6.07, 6.45) is 0.748. The van der Waals surface area contributed by atoms with E-state index in [2.05, 4.69) is 16.0 Å². The van der Waals surface area contributed by atoms with Crippen LogP contribution in [0.15, 0.2) is 24.3 Å². The lowest BCUT2D eigenvalue weighted by Gasteiger charge is -2.31. The molecular formula is C15H22N4O5S. The molecule has 0 bridgehead atoms. The van der Waals surface area contributed by atoms with Crippen LogP contribution in [-0.2, 0) is 19.6 Å². The first-order valence-corrected chi connectivity index (χ1v) is 9.58. The minimum atomic E-state index is -3.27. The molecule has 1 fully saturated rings. The number of carbonyl (C=O) groups excluding carboxylic acids is 2. The SMILES string of the molecule is CC(=O)Nc1cccc(NC(=O)NC[C@H]2CN(S(C)(=O)=O)CCO2)c1. The Bertz CT molecular complexity index is 737. The van der Waals surface area contributed by atoms with Crippen molar-refractivity contribution in [3.05, 3.63) is 24.3 Å². The standard InChI is InChI=1S/C15H22N4O5S/c1-11(20)17-12-4-3-5-13(8-12)18-15(21)16-9-14-10-19(6-7-24-14)25(2,22)23/h3-5,8,14H,6-7,9-10H2,1-2H3,(H,17,20)(H2,16,18,21)/t14-/m0/s1. The Morgan fingerprint density at radius 1 is 1.28 bits per heavy atom. The van der Waals surface area contributed by atoms with Crippen LogP contribution in [0.1, 0.15) is 6.92 Å². The molecule has 1 saturated heterocycles. The van der Waals surface area contributed by atoms with Gasteiger partial charge in [0, 0.05) is 37.9 Å². The van der Waals surface area contributed by atoms with Crippen LogP contribution in [0, 0.1) is 0 Å². The Kier molecular flexibility index (Phi) is 6.34. The largest absolute Gasteiger partial charge is 0.374 e. The van der Waals surface area contributed by atoms with Crippen LogP contribution < -0.4 is 16.0 Å². The predicted octanol–water partition coefficient (Wildman–Crippen LogP) is 0.427. The molecule has 10 heteroatoms. The number of anilines is 2. The average Bonchev–Trinajstić information content (AvgIpc) is 2.52. The van der Waals surface area contributed by atoms with Crippen molar-refractivity contribution < 1.29 is 22.7 Å². The summed E-state index contributed by atoms with van der Waals surface area (Å²) >= 11 is 0. The fourth-order valence-electron chi connectivity index (χ4n) is 2.38. The molecule has 138 valence electrons. The third-order valence-electron chi connectivity index (χ3n) is 3.50. The normalized spacial score (nSPS) is 18.4. The van der Waals surface area contributed by atoms with E-state index in [1.165, 1.54) is 11.2 Å². The lowest BCUT2D eigenvalue weighted by Crippen LogP contribution is -2.49. The molecule has 0 spiro atoms. The summed E-state index contributed by atoms with van der Waals surface area (Å²) in [6, 6.07) is 6.28. The molecule has 1 heterocycles. The number of nitrogens with one attached hydrogen (secondary N) is 3. The molecule has 1 aromatic rings. The Morgan fingerprint density at radius 3 is 2.60 bits per heavy atom. The lowest BCUT2D eigenvalue weighted by atomic mass is 10.2. The maximum Gasteiger partial charge on any atom is 0.319 e. The first kappa shape index (κ1) is 19.2. The van der Waals surface area contributed by atoms with Gasteiger partial charge in [0.25, 0.3) is 0 Å². The van der Waals surface area contributed by atoms with E-state index >= 15 is 0 Å². The summed E-state index contributed by atoms with van der Waals surface area (Å²) in [5.41, 5.74) is 1.09. The van der Waals surface area contributed by atoms with Crippen molar-refractivity contribution in [1.82, 2.24) is 9.62 Å². The number of benzene rings is 1. The molecule has 0 saturated carbocycles. The second-order valence-electron chi connectivity index (χ2n) is 5.71. The van der Waals surface area contributed by atoms with E-state index in [9.17, 15) is 18.0 Å². The highest BCUT2D eigenvalue weighted by molar-refractivity contribution is 7.88. The second-order valence-corrected chi connectivity index (χ2v) is 7.69. The van der Waals surface area contributed by atoms with Gasteiger partial charge < -0.3 is 20.7 Å². The highest BCUT2D eigenvalue weighted by Crippen LogP contribution is 2.15. The van der Waals surface area contributed by atoms with Crippen LogP contribution in [0.4, 0.5) is 16.2 Å². The van der Waals surface area contributed by atoms with Gasteiger partial charge in [-0.2, -0.15) is 4.31 Å². The molecule has 9 nitrogen and oxygen atoms in total. The van der Waals surface area contributed by atoms with Gasteiger partial charge in [0.05, 0.1) is 19.0 Å². The molecule has 1 aliphatic rings. The van der Waals surface area contributed by atoms with Gasteiger partial charge in [-0.15, -0.1) is 0 Å². The van der Waals surface area contributed by atoms with Crippen molar-refractivity contribution in [2.45, 2.75) is 13.0 Å². The van der Waals surface area contributed by atoms with Crippen molar-refractivity contribution >= 4 is 33.3 Å². The fraction of sp³-hybridized carbons (Fsp3) is 0.467. The van der Waals surface area contributed by atoms with Crippen LogP contribution in [-0.4, -0.2) is 63.3 Å². The minimum Gasteiger partial charge on any atom is -0.374 e. The van der Waals surface area contributed by atoms with Crippen LogP contribution in [0.3, 0.4) is 0 Å². The maximum atomic E-state index is 12.0. The third kappa shape index (κ3) is 6.33. The van der Waals surface area contributed by atoms with Gasteiger partial charge in [0.1, 0.15) is 0 Å². The van der Waals surface area contributed by atoms with E-state index in [-0.39, 0.29) is 19.0 Å².